The Morgan fingerprint density at radius 1 is 1.09 bits per heavy atom. The molecule has 0 aromatic carbocycles. The molecule has 5 aliphatic rings. The summed E-state index contributed by atoms with van der Waals surface area (Å²) < 4.78 is 26.7. The van der Waals surface area contributed by atoms with Gasteiger partial charge < -0.3 is 5.32 Å². The van der Waals surface area contributed by atoms with Crippen LogP contribution in [0.15, 0.2) is 28.3 Å². The number of hydrogen-bond donors (Lipinski definition) is 2. The smallest absolute Gasteiger partial charge is 0.321 e. The number of nitrogens with one attached hydrogen (secondary N) is 2. The molecule has 4 bridgehead atoms. The van der Waals surface area contributed by atoms with Gasteiger partial charge in [-0.3, -0.25) is 10.1 Å². The minimum absolute atomic E-state index is 0.145. The zero-order chi connectivity index (χ0) is 23.2. The molecule has 4 saturated carbocycles. The molecule has 4 aliphatic carbocycles. The zero-order valence-electron chi connectivity index (χ0n) is 19.0. The Kier molecular flexibility index (Phi) is 6.20. The predicted molar refractivity (Wildman–Crippen MR) is 125 cm³/mol. The molecule has 1 unspecified atom stereocenters. The number of carbonyl (C=O) groups is 2. The summed E-state index contributed by atoms with van der Waals surface area (Å²) in [6, 6.07) is 2.75. The Hall–Kier alpha value is -1.65. The number of sulfonamides is 1. The van der Waals surface area contributed by atoms with Crippen LogP contribution in [0.5, 0.6) is 0 Å². The van der Waals surface area contributed by atoms with Crippen LogP contribution in [0.1, 0.15) is 58.3 Å². The number of carbonyl (C=O) groups excluding carboxylic acids is 2. The molecule has 10 heteroatoms. The molecule has 1 aromatic heterocycles. The number of amides is 3. The zero-order valence-corrected chi connectivity index (χ0v) is 20.6. The number of nitrogens with zero attached hydrogens (tertiary/aromatic N) is 2. The van der Waals surface area contributed by atoms with E-state index in [2.05, 4.69) is 15.6 Å². The molecule has 5 fully saturated rings. The lowest BCUT2D eigenvalue weighted by Crippen LogP contribution is -2.62. The Bertz CT molecular complexity index is 986. The van der Waals surface area contributed by atoms with Gasteiger partial charge >= 0.3 is 6.03 Å². The van der Waals surface area contributed by atoms with Crippen molar-refractivity contribution >= 4 is 33.7 Å². The van der Waals surface area contributed by atoms with Gasteiger partial charge in [-0.05, 0) is 88.2 Å². The molecule has 180 valence electrons. The van der Waals surface area contributed by atoms with Crippen LogP contribution in [0, 0.1) is 17.8 Å². The average molecular weight is 493 g/mol. The second-order valence-corrected chi connectivity index (χ2v) is 13.6. The van der Waals surface area contributed by atoms with Crippen LogP contribution < -0.4 is 10.6 Å². The van der Waals surface area contributed by atoms with Crippen LogP contribution in [0.4, 0.5) is 4.79 Å². The summed E-state index contributed by atoms with van der Waals surface area (Å²) in [5, 5.41) is 5.67. The number of pyridine rings is 1. The van der Waals surface area contributed by atoms with Gasteiger partial charge in [-0.15, -0.1) is 0 Å². The lowest BCUT2D eigenvalue weighted by molar-refractivity contribution is -0.119. The summed E-state index contributed by atoms with van der Waals surface area (Å²) in [6.07, 6.45) is 10.1. The van der Waals surface area contributed by atoms with Crippen molar-refractivity contribution in [3.8, 4) is 0 Å². The first-order valence-electron chi connectivity index (χ1n) is 12.0. The van der Waals surface area contributed by atoms with Crippen molar-refractivity contribution in [3.63, 3.8) is 0 Å². The van der Waals surface area contributed by atoms with Crippen molar-refractivity contribution in [1.29, 1.82) is 0 Å². The summed E-state index contributed by atoms with van der Waals surface area (Å²) in [4.78, 5) is 29.7. The van der Waals surface area contributed by atoms with E-state index in [0.717, 1.165) is 32.1 Å². The summed E-state index contributed by atoms with van der Waals surface area (Å²) >= 11 is 1.20. The van der Waals surface area contributed by atoms with Crippen molar-refractivity contribution in [2.45, 2.75) is 79.0 Å². The Balaban J connectivity index is 1.14. The third-order valence-corrected chi connectivity index (χ3v) is 10.7. The highest BCUT2D eigenvalue weighted by molar-refractivity contribution is 8.00. The van der Waals surface area contributed by atoms with Gasteiger partial charge in [0.1, 0.15) is 4.90 Å². The fourth-order valence-corrected chi connectivity index (χ4v) is 8.90. The topological polar surface area (TPSA) is 108 Å². The van der Waals surface area contributed by atoms with E-state index in [1.165, 1.54) is 47.6 Å². The number of imide groups is 1. The summed E-state index contributed by atoms with van der Waals surface area (Å²) in [5.74, 6) is 1.76. The van der Waals surface area contributed by atoms with E-state index in [4.69, 9.17) is 0 Å². The monoisotopic (exact) mass is 492 g/mol. The van der Waals surface area contributed by atoms with E-state index in [0.29, 0.717) is 35.9 Å². The SMILES string of the molecule is CC(Sc1ccc(S(=O)(=O)N2CCCC2)cn1)C(=O)NC(=O)NC12CC3CC(CC(C3)C1)C2. The maximum Gasteiger partial charge on any atom is 0.321 e. The molecule has 1 aromatic rings. The van der Waals surface area contributed by atoms with Gasteiger partial charge in [0.25, 0.3) is 0 Å². The van der Waals surface area contributed by atoms with Gasteiger partial charge in [0.15, 0.2) is 0 Å². The molecule has 33 heavy (non-hydrogen) atoms. The average Bonchev–Trinajstić information content (AvgIpc) is 3.28. The van der Waals surface area contributed by atoms with Crippen LogP contribution >= 0.6 is 11.8 Å². The van der Waals surface area contributed by atoms with E-state index < -0.39 is 21.3 Å². The largest absolute Gasteiger partial charge is 0.332 e. The minimum atomic E-state index is -3.51. The molecule has 2 N–H and O–H groups in total. The molecule has 1 aliphatic heterocycles. The maximum absolute atomic E-state index is 12.6. The fraction of sp³-hybridized carbons (Fsp3) is 0.696. The van der Waals surface area contributed by atoms with E-state index in [1.807, 2.05) is 0 Å². The number of aromatic nitrogens is 1. The Labute approximate surface area is 199 Å². The second-order valence-electron chi connectivity index (χ2n) is 10.3. The highest BCUT2D eigenvalue weighted by Crippen LogP contribution is 2.55. The molecule has 8 nitrogen and oxygen atoms in total. The standard InChI is InChI=1S/C23H32N4O4S2/c1-15(32-20-5-4-19(14-24-20)33(30,31)27-6-2-3-7-27)21(28)25-22(29)26-23-11-16-8-17(12-23)10-18(9-16)13-23/h4-5,14-18H,2-3,6-13H2,1H3,(H2,25,26,28,29). The molecular formula is C23H32N4O4S2. The first-order valence-corrected chi connectivity index (χ1v) is 14.3. The van der Waals surface area contributed by atoms with Gasteiger partial charge in [0.05, 0.1) is 10.3 Å². The van der Waals surface area contributed by atoms with Crippen LogP contribution in [0.25, 0.3) is 0 Å². The third kappa shape index (κ3) is 4.79. The van der Waals surface area contributed by atoms with Gasteiger partial charge in [-0.25, -0.2) is 18.2 Å². The quantitative estimate of drug-likeness (QED) is 0.591. The summed E-state index contributed by atoms with van der Waals surface area (Å²) in [5.41, 5.74) is -0.145. The second kappa shape index (κ2) is 8.85. The van der Waals surface area contributed by atoms with Crippen molar-refractivity contribution in [3.05, 3.63) is 18.3 Å². The Morgan fingerprint density at radius 2 is 1.70 bits per heavy atom. The molecule has 1 atom stereocenters. The van der Waals surface area contributed by atoms with E-state index in [-0.39, 0.29) is 16.3 Å². The lowest BCUT2D eigenvalue weighted by atomic mass is 9.53. The van der Waals surface area contributed by atoms with Gasteiger partial charge in [0.2, 0.25) is 15.9 Å². The summed E-state index contributed by atoms with van der Waals surface area (Å²) in [7, 11) is -3.51. The minimum Gasteiger partial charge on any atom is -0.332 e. The molecule has 6 rings (SSSR count). The number of hydrogen-bond acceptors (Lipinski definition) is 6. The highest BCUT2D eigenvalue weighted by atomic mass is 32.2. The van der Waals surface area contributed by atoms with Gasteiger partial charge in [-0.1, -0.05) is 11.8 Å². The van der Waals surface area contributed by atoms with E-state index in [9.17, 15) is 18.0 Å². The van der Waals surface area contributed by atoms with Crippen molar-refractivity contribution < 1.29 is 18.0 Å². The first kappa shape index (κ1) is 23.1. The maximum atomic E-state index is 12.6. The van der Waals surface area contributed by atoms with Crippen LogP contribution in [-0.4, -0.2) is 53.5 Å². The van der Waals surface area contributed by atoms with Crippen molar-refractivity contribution in [2.75, 3.05) is 13.1 Å². The van der Waals surface area contributed by atoms with Crippen LogP contribution in [0.2, 0.25) is 0 Å². The van der Waals surface area contributed by atoms with Gasteiger partial charge in [-0.2, -0.15) is 4.31 Å². The number of thioether (sulfide) groups is 1. The molecule has 3 amide bonds. The molecule has 1 saturated heterocycles. The predicted octanol–water partition coefficient (Wildman–Crippen LogP) is 3.14. The molecular weight excluding hydrogens is 460 g/mol. The van der Waals surface area contributed by atoms with Crippen molar-refractivity contribution in [1.82, 2.24) is 19.9 Å². The highest BCUT2D eigenvalue weighted by Gasteiger charge is 2.51. The molecule has 0 spiro atoms. The number of urea groups is 1. The molecule has 0 radical (unpaired) electrons. The van der Waals surface area contributed by atoms with Crippen LogP contribution in [0.3, 0.4) is 0 Å². The molecule has 2 heterocycles. The Morgan fingerprint density at radius 3 is 2.24 bits per heavy atom. The first-order chi connectivity index (χ1) is 15.7. The number of rotatable bonds is 6. The van der Waals surface area contributed by atoms with Crippen LogP contribution in [-0.2, 0) is 14.8 Å². The van der Waals surface area contributed by atoms with Gasteiger partial charge in [0, 0.05) is 24.8 Å². The summed E-state index contributed by atoms with van der Waals surface area (Å²) in [6.45, 7) is 2.80. The van der Waals surface area contributed by atoms with E-state index in [1.54, 1.807) is 13.0 Å². The normalized spacial score (nSPS) is 32.0. The van der Waals surface area contributed by atoms with Crippen molar-refractivity contribution in [2.24, 2.45) is 17.8 Å². The third-order valence-electron chi connectivity index (χ3n) is 7.73. The van der Waals surface area contributed by atoms with E-state index >= 15 is 0 Å². The fourth-order valence-electron chi connectivity index (χ4n) is 6.65. The lowest BCUT2D eigenvalue weighted by Gasteiger charge is -2.56.